The number of carbonyl (C=O) groups is 1. The number of hydrogen-bond acceptors (Lipinski definition) is 2. The normalized spacial score (nSPS) is 33.7. The molecule has 1 fully saturated rings. The molecule has 1 aliphatic rings. The van der Waals surface area contributed by atoms with E-state index in [0.29, 0.717) is 13.1 Å². The summed E-state index contributed by atoms with van der Waals surface area (Å²) in [5.74, 6) is -0.724. The van der Waals surface area contributed by atoms with Crippen LogP contribution >= 0.6 is 0 Å². The lowest BCUT2D eigenvalue weighted by molar-refractivity contribution is -0.122. The molecule has 0 aromatic carbocycles. The van der Waals surface area contributed by atoms with Gasteiger partial charge in [0.1, 0.15) is 6.17 Å². The third-order valence-electron chi connectivity index (χ3n) is 1.70. The van der Waals surface area contributed by atoms with Crippen LogP contribution in [0.2, 0.25) is 0 Å². The molecule has 3 nitrogen and oxygen atoms in total. The van der Waals surface area contributed by atoms with Gasteiger partial charge in [0.05, 0.1) is 5.92 Å². The molecular formula is C6H11FN2O. The Balaban J connectivity index is 2.39. The van der Waals surface area contributed by atoms with Crippen molar-refractivity contribution in [2.24, 2.45) is 11.7 Å². The molecule has 0 spiro atoms. The van der Waals surface area contributed by atoms with Crippen LogP contribution in [-0.4, -0.2) is 25.2 Å². The topological polar surface area (TPSA) is 55.1 Å². The number of piperidine rings is 1. The van der Waals surface area contributed by atoms with Crippen LogP contribution in [0.25, 0.3) is 0 Å². The van der Waals surface area contributed by atoms with Gasteiger partial charge in [-0.3, -0.25) is 4.79 Å². The van der Waals surface area contributed by atoms with Gasteiger partial charge in [-0.2, -0.15) is 0 Å². The van der Waals surface area contributed by atoms with E-state index in [9.17, 15) is 9.18 Å². The van der Waals surface area contributed by atoms with Crippen LogP contribution in [0.1, 0.15) is 6.42 Å². The van der Waals surface area contributed by atoms with Crippen LogP contribution in [-0.2, 0) is 4.79 Å². The fraction of sp³-hybridized carbons (Fsp3) is 0.833. The molecule has 0 saturated carbocycles. The van der Waals surface area contributed by atoms with Crippen LogP contribution in [0.4, 0.5) is 4.39 Å². The van der Waals surface area contributed by atoms with E-state index in [1.54, 1.807) is 0 Å². The number of nitrogens with two attached hydrogens (primary N) is 1. The van der Waals surface area contributed by atoms with Crippen LogP contribution in [0.5, 0.6) is 0 Å². The molecule has 1 aliphatic heterocycles. The number of rotatable bonds is 1. The largest absolute Gasteiger partial charge is 0.369 e. The minimum atomic E-state index is -0.911. The summed E-state index contributed by atoms with van der Waals surface area (Å²) in [6, 6.07) is 0. The first-order valence-corrected chi connectivity index (χ1v) is 3.34. The second-order valence-corrected chi connectivity index (χ2v) is 2.59. The maximum atomic E-state index is 12.5. The summed E-state index contributed by atoms with van der Waals surface area (Å²) < 4.78 is 12.5. The molecule has 58 valence electrons. The van der Waals surface area contributed by atoms with E-state index in [4.69, 9.17) is 5.73 Å². The van der Waals surface area contributed by atoms with E-state index < -0.39 is 12.1 Å². The molecule has 0 radical (unpaired) electrons. The quantitative estimate of drug-likeness (QED) is 0.520. The molecule has 2 atom stereocenters. The summed E-state index contributed by atoms with van der Waals surface area (Å²) in [6.07, 6.45) is -0.631. The Morgan fingerprint density at radius 3 is 2.70 bits per heavy atom. The number of halogens is 1. The molecule has 4 heteroatoms. The van der Waals surface area contributed by atoms with Crippen LogP contribution in [0.15, 0.2) is 0 Å². The summed E-state index contributed by atoms with van der Waals surface area (Å²) in [4.78, 5) is 10.5. The van der Waals surface area contributed by atoms with Crippen LogP contribution < -0.4 is 11.1 Å². The van der Waals surface area contributed by atoms with Crippen LogP contribution in [0, 0.1) is 5.92 Å². The number of hydrogen-bond donors (Lipinski definition) is 2. The highest BCUT2D eigenvalue weighted by Crippen LogP contribution is 2.11. The molecule has 0 aromatic rings. The van der Waals surface area contributed by atoms with Gasteiger partial charge in [-0.05, 0) is 6.42 Å². The molecule has 1 heterocycles. The van der Waals surface area contributed by atoms with Crippen molar-refractivity contribution >= 4 is 5.91 Å². The summed E-state index contributed by atoms with van der Waals surface area (Å²) in [7, 11) is 0. The zero-order valence-electron chi connectivity index (χ0n) is 5.64. The molecular weight excluding hydrogens is 135 g/mol. The minimum absolute atomic E-state index is 0.280. The minimum Gasteiger partial charge on any atom is -0.369 e. The van der Waals surface area contributed by atoms with Crippen molar-refractivity contribution < 1.29 is 9.18 Å². The van der Waals surface area contributed by atoms with Gasteiger partial charge in [-0.1, -0.05) is 0 Å². The number of primary amides is 1. The first kappa shape index (κ1) is 7.47. The van der Waals surface area contributed by atoms with Crippen molar-refractivity contribution in [2.45, 2.75) is 12.6 Å². The molecule has 10 heavy (non-hydrogen) atoms. The summed E-state index contributed by atoms with van der Waals surface area (Å²) >= 11 is 0. The Labute approximate surface area is 58.8 Å². The second-order valence-electron chi connectivity index (χ2n) is 2.59. The van der Waals surface area contributed by atoms with Crippen LogP contribution in [0.3, 0.4) is 0 Å². The lowest BCUT2D eigenvalue weighted by atomic mass is 9.98. The predicted octanol–water partition coefficient (Wildman–Crippen LogP) is -0.581. The zero-order valence-corrected chi connectivity index (χ0v) is 5.64. The SMILES string of the molecule is NC(=O)C1CNCC(F)C1. The monoisotopic (exact) mass is 146 g/mol. The first-order valence-electron chi connectivity index (χ1n) is 3.34. The molecule has 0 bridgehead atoms. The van der Waals surface area contributed by atoms with Crippen molar-refractivity contribution in [2.75, 3.05) is 13.1 Å². The average molecular weight is 146 g/mol. The van der Waals surface area contributed by atoms with Gasteiger partial charge in [0.15, 0.2) is 0 Å². The van der Waals surface area contributed by atoms with Gasteiger partial charge in [0.25, 0.3) is 0 Å². The smallest absolute Gasteiger partial charge is 0.221 e. The predicted molar refractivity (Wildman–Crippen MR) is 35.1 cm³/mol. The Kier molecular flexibility index (Phi) is 2.21. The molecule has 0 aliphatic carbocycles. The molecule has 3 N–H and O–H groups in total. The highest BCUT2D eigenvalue weighted by atomic mass is 19.1. The average Bonchev–Trinajstić information content (AvgIpc) is 1.88. The highest BCUT2D eigenvalue weighted by Gasteiger charge is 2.24. The summed E-state index contributed by atoms with van der Waals surface area (Å²) in [5.41, 5.74) is 4.98. The summed E-state index contributed by atoms with van der Waals surface area (Å²) in [5, 5.41) is 2.79. The first-order chi connectivity index (χ1) is 4.70. The van der Waals surface area contributed by atoms with E-state index in [0.717, 1.165) is 0 Å². The van der Waals surface area contributed by atoms with E-state index in [1.807, 2.05) is 0 Å². The van der Waals surface area contributed by atoms with Gasteiger partial charge in [-0.15, -0.1) is 0 Å². The molecule has 1 amide bonds. The number of carbonyl (C=O) groups excluding carboxylic acids is 1. The van der Waals surface area contributed by atoms with E-state index >= 15 is 0 Å². The summed E-state index contributed by atoms with van der Waals surface area (Å²) in [6.45, 7) is 0.875. The lowest BCUT2D eigenvalue weighted by Gasteiger charge is -2.22. The Morgan fingerprint density at radius 1 is 1.60 bits per heavy atom. The second kappa shape index (κ2) is 2.96. The third-order valence-corrected chi connectivity index (χ3v) is 1.70. The Morgan fingerprint density at radius 2 is 2.30 bits per heavy atom. The molecule has 1 rings (SSSR count). The van der Waals surface area contributed by atoms with Gasteiger partial charge in [0.2, 0.25) is 5.91 Å². The van der Waals surface area contributed by atoms with Gasteiger partial charge < -0.3 is 11.1 Å². The molecule has 0 aromatic heterocycles. The van der Waals surface area contributed by atoms with Gasteiger partial charge in [0, 0.05) is 13.1 Å². The van der Waals surface area contributed by atoms with Crippen molar-refractivity contribution in [3.8, 4) is 0 Å². The van der Waals surface area contributed by atoms with E-state index in [1.165, 1.54) is 0 Å². The molecule has 1 saturated heterocycles. The van der Waals surface area contributed by atoms with Gasteiger partial charge >= 0.3 is 0 Å². The highest BCUT2D eigenvalue weighted by molar-refractivity contribution is 5.77. The van der Waals surface area contributed by atoms with Crippen molar-refractivity contribution in [1.29, 1.82) is 0 Å². The maximum Gasteiger partial charge on any atom is 0.221 e. The van der Waals surface area contributed by atoms with Crippen molar-refractivity contribution in [3.63, 3.8) is 0 Å². The van der Waals surface area contributed by atoms with E-state index in [2.05, 4.69) is 5.32 Å². The lowest BCUT2D eigenvalue weighted by Crippen LogP contribution is -2.43. The van der Waals surface area contributed by atoms with Crippen molar-refractivity contribution in [1.82, 2.24) is 5.32 Å². The number of amides is 1. The molecule has 2 unspecified atom stereocenters. The maximum absolute atomic E-state index is 12.5. The Bertz CT molecular complexity index is 140. The standard InChI is InChI=1S/C6H11FN2O/c7-5-1-4(6(8)10)2-9-3-5/h4-5,9H,1-3H2,(H2,8,10). The fourth-order valence-corrected chi connectivity index (χ4v) is 1.11. The third kappa shape index (κ3) is 1.67. The fourth-order valence-electron chi connectivity index (χ4n) is 1.11. The number of alkyl halides is 1. The van der Waals surface area contributed by atoms with E-state index in [-0.39, 0.29) is 12.3 Å². The Hall–Kier alpha value is -0.640. The zero-order chi connectivity index (χ0) is 7.56. The number of nitrogens with one attached hydrogen (secondary N) is 1. The van der Waals surface area contributed by atoms with Gasteiger partial charge in [-0.25, -0.2) is 4.39 Å². The van der Waals surface area contributed by atoms with Crippen molar-refractivity contribution in [3.05, 3.63) is 0 Å².